The fraction of sp³-hybridized carbons (Fsp3) is 0.211. The molecule has 2 aromatic rings. The number of anilines is 2. The van der Waals surface area contributed by atoms with Gasteiger partial charge in [0.25, 0.3) is 0 Å². The smallest absolute Gasteiger partial charge is 0.337 e. The van der Waals surface area contributed by atoms with Crippen LogP contribution in [0.4, 0.5) is 11.4 Å². The first-order valence-corrected chi connectivity index (χ1v) is 8.01. The van der Waals surface area contributed by atoms with Crippen LogP contribution in [0.5, 0.6) is 5.75 Å². The number of esters is 2. The van der Waals surface area contributed by atoms with Crippen molar-refractivity contribution in [1.29, 1.82) is 0 Å². The van der Waals surface area contributed by atoms with Gasteiger partial charge in [-0.25, -0.2) is 9.59 Å². The van der Waals surface area contributed by atoms with Crippen molar-refractivity contribution in [3.8, 4) is 5.75 Å². The molecule has 7 heteroatoms. The highest BCUT2D eigenvalue weighted by atomic mass is 16.5. The van der Waals surface area contributed by atoms with Crippen LogP contribution in [0.3, 0.4) is 0 Å². The molecule has 0 spiro atoms. The van der Waals surface area contributed by atoms with E-state index in [1.54, 1.807) is 29.2 Å². The van der Waals surface area contributed by atoms with Gasteiger partial charge in [-0.05, 0) is 42.8 Å². The molecule has 0 atom stereocenters. The summed E-state index contributed by atoms with van der Waals surface area (Å²) < 4.78 is 9.88. The van der Waals surface area contributed by atoms with Crippen LogP contribution in [0.15, 0.2) is 42.5 Å². The Morgan fingerprint density at radius 3 is 2.81 bits per heavy atom. The largest absolute Gasteiger partial charge is 0.465 e. The molecule has 1 amide bonds. The molecule has 1 heterocycles. The number of hydrogen-bond donors (Lipinski definition) is 1. The van der Waals surface area contributed by atoms with E-state index in [1.165, 1.54) is 13.2 Å². The number of benzene rings is 2. The average Bonchev–Trinajstić information content (AvgIpc) is 2.61. The zero-order chi connectivity index (χ0) is 18.7. The Morgan fingerprint density at radius 2 is 2.04 bits per heavy atom. The highest BCUT2D eigenvalue weighted by Gasteiger charge is 2.25. The monoisotopic (exact) mass is 354 g/mol. The number of hydrogen-bond acceptors (Lipinski definition) is 6. The Bertz CT molecular complexity index is 878. The zero-order valence-corrected chi connectivity index (χ0v) is 14.4. The van der Waals surface area contributed by atoms with E-state index < -0.39 is 11.9 Å². The maximum Gasteiger partial charge on any atom is 0.337 e. The minimum Gasteiger partial charge on any atom is -0.465 e. The molecule has 0 unspecified atom stereocenters. The fourth-order valence-electron chi connectivity index (χ4n) is 2.71. The van der Waals surface area contributed by atoms with E-state index in [0.29, 0.717) is 22.7 Å². The van der Waals surface area contributed by atoms with Crippen molar-refractivity contribution in [2.24, 2.45) is 0 Å². The van der Waals surface area contributed by atoms with Crippen molar-refractivity contribution in [2.45, 2.75) is 6.92 Å². The van der Waals surface area contributed by atoms with Crippen LogP contribution in [0.2, 0.25) is 0 Å². The molecule has 1 aliphatic heterocycles. The van der Waals surface area contributed by atoms with Crippen LogP contribution in [0.25, 0.3) is 0 Å². The van der Waals surface area contributed by atoms with Crippen LogP contribution in [0.1, 0.15) is 15.9 Å². The molecule has 0 aromatic heterocycles. The Morgan fingerprint density at radius 1 is 1.23 bits per heavy atom. The number of carbonyl (C=O) groups is 3. The molecule has 0 saturated heterocycles. The second kappa shape index (κ2) is 7.26. The van der Waals surface area contributed by atoms with Crippen molar-refractivity contribution in [2.75, 3.05) is 30.4 Å². The summed E-state index contributed by atoms with van der Waals surface area (Å²) >= 11 is 0. The summed E-state index contributed by atoms with van der Waals surface area (Å²) in [5.74, 6) is -0.771. The summed E-state index contributed by atoms with van der Waals surface area (Å²) in [5.41, 5.74) is 2.51. The maximum absolute atomic E-state index is 12.4. The van der Waals surface area contributed by atoms with Gasteiger partial charge in [-0.3, -0.25) is 4.79 Å². The lowest BCUT2D eigenvalue weighted by molar-refractivity contribution is -0.133. The molecule has 2 aromatic carbocycles. The van der Waals surface area contributed by atoms with E-state index in [9.17, 15) is 14.4 Å². The number of fused-ring (bicyclic) bond motifs is 1. The molecule has 1 N–H and O–H groups in total. The molecule has 7 nitrogen and oxygen atoms in total. The lowest BCUT2D eigenvalue weighted by atomic mass is 10.1. The van der Waals surface area contributed by atoms with Crippen molar-refractivity contribution in [1.82, 2.24) is 0 Å². The van der Waals surface area contributed by atoms with Gasteiger partial charge in [0.1, 0.15) is 6.54 Å². The Balaban J connectivity index is 1.74. The van der Waals surface area contributed by atoms with Gasteiger partial charge < -0.3 is 19.7 Å². The molecule has 3 rings (SSSR count). The number of methoxy groups -OCH3 is 1. The fourth-order valence-corrected chi connectivity index (χ4v) is 2.71. The summed E-state index contributed by atoms with van der Waals surface area (Å²) in [6.45, 7) is 1.90. The van der Waals surface area contributed by atoms with Gasteiger partial charge in [0.05, 0.1) is 24.9 Å². The molecular weight excluding hydrogens is 336 g/mol. The van der Waals surface area contributed by atoms with Gasteiger partial charge in [0, 0.05) is 5.69 Å². The SMILES string of the molecule is COC(=O)c1cccc(NC(=O)CN2CC(=O)Oc3ccc(C)cc32)c1. The molecule has 0 bridgehead atoms. The average molecular weight is 354 g/mol. The number of rotatable bonds is 4. The van der Waals surface area contributed by atoms with Gasteiger partial charge in [-0.1, -0.05) is 12.1 Å². The highest BCUT2D eigenvalue weighted by molar-refractivity contribution is 5.98. The summed E-state index contributed by atoms with van der Waals surface area (Å²) in [5, 5.41) is 2.73. The third-order valence-corrected chi connectivity index (χ3v) is 3.90. The van der Waals surface area contributed by atoms with Gasteiger partial charge >= 0.3 is 11.9 Å². The van der Waals surface area contributed by atoms with Crippen molar-refractivity contribution in [3.05, 3.63) is 53.6 Å². The topological polar surface area (TPSA) is 84.9 Å². The number of nitrogens with zero attached hydrogens (tertiary/aromatic N) is 1. The van der Waals surface area contributed by atoms with Gasteiger partial charge in [0.15, 0.2) is 5.75 Å². The van der Waals surface area contributed by atoms with Gasteiger partial charge in [-0.2, -0.15) is 0 Å². The third kappa shape index (κ3) is 3.83. The molecule has 26 heavy (non-hydrogen) atoms. The predicted molar refractivity (Wildman–Crippen MR) is 95.4 cm³/mol. The van der Waals surface area contributed by atoms with Gasteiger partial charge in [-0.15, -0.1) is 0 Å². The first kappa shape index (κ1) is 17.5. The minimum atomic E-state index is -0.482. The molecular formula is C19H18N2O5. The summed E-state index contributed by atoms with van der Waals surface area (Å²) in [6, 6.07) is 11.9. The van der Waals surface area contributed by atoms with Crippen molar-refractivity contribution in [3.63, 3.8) is 0 Å². The lowest BCUT2D eigenvalue weighted by Crippen LogP contribution is -2.41. The second-order valence-corrected chi connectivity index (χ2v) is 5.92. The van der Waals surface area contributed by atoms with E-state index in [0.717, 1.165) is 5.56 Å². The summed E-state index contributed by atoms with van der Waals surface area (Å²) in [6.07, 6.45) is 0. The van der Waals surface area contributed by atoms with Crippen molar-refractivity contribution < 1.29 is 23.9 Å². The molecule has 134 valence electrons. The molecule has 0 radical (unpaired) electrons. The Kier molecular flexibility index (Phi) is 4.88. The number of ether oxygens (including phenoxy) is 2. The van der Waals surface area contributed by atoms with Crippen LogP contribution in [-0.2, 0) is 14.3 Å². The van der Waals surface area contributed by atoms with Crippen LogP contribution >= 0.6 is 0 Å². The van der Waals surface area contributed by atoms with E-state index in [1.807, 2.05) is 19.1 Å². The number of amides is 1. The number of aryl methyl sites for hydroxylation is 1. The Hall–Kier alpha value is -3.35. The Labute approximate surface area is 150 Å². The summed E-state index contributed by atoms with van der Waals surface area (Å²) in [7, 11) is 1.29. The molecule has 1 aliphatic rings. The lowest BCUT2D eigenvalue weighted by Gasteiger charge is -2.29. The minimum absolute atomic E-state index is 0.00786. The normalized spacial score (nSPS) is 12.8. The van der Waals surface area contributed by atoms with Crippen LogP contribution < -0.4 is 15.0 Å². The van der Waals surface area contributed by atoms with E-state index in [-0.39, 0.29) is 19.0 Å². The second-order valence-electron chi connectivity index (χ2n) is 5.92. The number of nitrogens with one attached hydrogen (secondary N) is 1. The van der Waals surface area contributed by atoms with E-state index >= 15 is 0 Å². The van der Waals surface area contributed by atoms with E-state index in [2.05, 4.69) is 10.1 Å². The van der Waals surface area contributed by atoms with Crippen molar-refractivity contribution >= 4 is 29.2 Å². The third-order valence-electron chi connectivity index (χ3n) is 3.90. The molecule has 0 fully saturated rings. The van der Waals surface area contributed by atoms with Gasteiger partial charge in [0.2, 0.25) is 5.91 Å². The zero-order valence-electron chi connectivity index (χ0n) is 14.4. The van der Waals surface area contributed by atoms with Crippen LogP contribution in [-0.4, -0.2) is 38.0 Å². The molecule has 0 aliphatic carbocycles. The van der Waals surface area contributed by atoms with E-state index in [4.69, 9.17) is 4.74 Å². The maximum atomic E-state index is 12.4. The quantitative estimate of drug-likeness (QED) is 0.669. The summed E-state index contributed by atoms with van der Waals surface area (Å²) in [4.78, 5) is 37.4. The predicted octanol–water partition coefficient (Wildman–Crippen LogP) is 2.15. The first-order chi connectivity index (χ1) is 12.5. The first-order valence-electron chi connectivity index (χ1n) is 8.01. The highest BCUT2D eigenvalue weighted by Crippen LogP contribution is 2.32. The standard InChI is InChI=1S/C19H18N2O5/c1-12-6-7-16-15(8-12)21(11-18(23)26-16)10-17(22)20-14-5-3-4-13(9-14)19(24)25-2/h3-9H,10-11H2,1-2H3,(H,20,22). The van der Waals surface area contributed by atoms with Crippen LogP contribution in [0, 0.1) is 6.92 Å². The number of carbonyl (C=O) groups excluding carboxylic acids is 3. The molecule has 0 saturated carbocycles.